The summed E-state index contributed by atoms with van der Waals surface area (Å²) < 4.78 is 49.2. The molecule has 0 radical (unpaired) electrons. The van der Waals surface area contributed by atoms with Crippen LogP contribution in [0.5, 0.6) is 17.2 Å². The second kappa shape index (κ2) is 10.7. The lowest BCUT2D eigenvalue weighted by Crippen LogP contribution is -2.40. The first kappa shape index (κ1) is 23.7. The third kappa shape index (κ3) is 5.56. The Balaban J connectivity index is 1.46. The molecule has 8 nitrogen and oxygen atoms in total. The molecular weight excluding hydrogens is 458 g/mol. The zero-order valence-electron chi connectivity index (χ0n) is 18.7. The minimum atomic E-state index is -3.86. The summed E-state index contributed by atoms with van der Waals surface area (Å²) in [6.45, 7) is 1.52. The van der Waals surface area contributed by atoms with Crippen molar-refractivity contribution in [2.75, 3.05) is 33.4 Å². The predicted octanol–water partition coefficient (Wildman–Crippen LogP) is 3.51. The molecule has 0 spiro atoms. The normalized spacial score (nSPS) is 14.4. The smallest absolute Gasteiger partial charge is 0.343 e. The third-order valence-electron chi connectivity index (χ3n) is 5.27. The summed E-state index contributed by atoms with van der Waals surface area (Å²) in [5.74, 6) is 0.416. The van der Waals surface area contributed by atoms with E-state index in [1.165, 1.54) is 29.6 Å². The number of esters is 1. The van der Waals surface area contributed by atoms with Gasteiger partial charge in [0.1, 0.15) is 28.8 Å². The van der Waals surface area contributed by atoms with Crippen LogP contribution in [0, 0.1) is 0 Å². The van der Waals surface area contributed by atoms with Gasteiger partial charge in [0, 0.05) is 13.1 Å². The predicted molar refractivity (Wildman–Crippen MR) is 125 cm³/mol. The molecule has 1 fully saturated rings. The Bertz CT molecular complexity index is 1220. The second-order valence-electron chi connectivity index (χ2n) is 7.52. The van der Waals surface area contributed by atoms with Crippen LogP contribution in [0.3, 0.4) is 0 Å². The van der Waals surface area contributed by atoms with Crippen molar-refractivity contribution in [1.82, 2.24) is 4.31 Å². The topological polar surface area (TPSA) is 91.4 Å². The molecule has 1 aliphatic heterocycles. The van der Waals surface area contributed by atoms with Gasteiger partial charge in [0.15, 0.2) is 0 Å². The van der Waals surface area contributed by atoms with Crippen LogP contribution in [0.25, 0.3) is 0 Å². The quantitative estimate of drug-likeness (QED) is 0.358. The molecule has 0 bridgehead atoms. The molecule has 0 unspecified atom stereocenters. The van der Waals surface area contributed by atoms with Gasteiger partial charge in [-0.2, -0.15) is 4.31 Å². The number of ether oxygens (including phenoxy) is 4. The maximum absolute atomic E-state index is 13.1. The summed E-state index contributed by atoms with van der Waals surface area (Å²) in [4.78, 5) is 12.7. The number of rotatable bonds is 8. The van der Waals surface area contributed by atoms with Gasteiger partial charge in [0.05, 0.1) is 25.9 Å². The first-order valence-corrected chi connectivity index (χ1v) is 12.2. The van der Waals surface area contributed by atoms with Crippen molar-refractivity contribution in [3.05, 3.63) is 83.9 Å². The molecule has 0 N–H and O–H groups in total. The van der Waals surface area contributed by atoms with Crippen LogP contribution >= 0.6 is 0 Å². The molecule has 1 saturated heterocycles. The zero-order chi connectivity index (χ0) is 24.0. The molecule has 0 aliphatic carbocycles. The number of benzene rings is 3. The summed E-state index contributed by atoms with van der Waals surface area (Å²) in [6.07, 6.45) is 0. The maximum Gasteiger partial charge on any atom is 0.343 e. The Morgan fingerprint density at radius 1 is 0.941 bits per heavy atom. The van der Waals surface area contributed by atoms with Crippen LogP contribution < -0.4 is 14.2 Å². The molecule has 0 amide bonds. The largest absolute Gasteiger partial charge is 0.495 e. The van der Waals surface area contributed by atoms with Crippen molar-refractivity contribution in [3.8, 4) is 17.2 Å². The van der Waals surface area contributed by atoms with E-state index in [0.717, 1.165) is 5.56 Å². The molecule has 178 valence electrons. The average Bonchev–Trinajstić information content (AvgIpc) is 2.89. The Morgan fingerprint density at radius 2 is 1.62 bits per heavy atom. The van der Waals surface area contributed by atoms with E-state index in [9.17, 15) is 13.2 Å². The molecule has 1 aliphatic rings. The van der Waals surface area contributed by atoms with Crippen LogP contribution in [0.2, 0.25) is 0 Å². The lowest BCUT2D eigenvalue weighted by molar-refractivity contribution is 0.0726. The third-order valence-corrected chi connectivity index (χ3v) is 7.19. The first-order chi connectivity index (χ1) is 16.5. The number of hydrogen-bond donors (Lipinski definition) is 0. The highest BCUT2D eigenvalue weighted by Gasteiger charge is 2.30. The van der Waals surface area contributed by atoms with E-state index in [1.54, 1.807) is 24.3 Å². The van der Waals surface area contributed by atoms with Crippen molar-refractivity contribution >= 4 is 16.0 Å². The Labute approximate surface area is 198 Å². The highest BCUT2D eigenvalue weighted by atomic mass is 32.2. The molecule has 9 heteroatoms. The summed E-state index contributed by atoms with van der Waals surface area (Å²) in [7, 11) is -2.48. The molecule has 4 rings (SSSR count). The van der Waals surface area contributed by atoms with E-state index in [1.807, 2.05) is 30.3 Å². The van der Waals surface area contributed by atoms with Crippen molar-refractivity contribution < 1.29 is 32.2 Å². The highest BCUT2D eigenvalue weighted by molar-refractivity contribution is 7.89. The Morgan fingerprint density at radius 3 is 2.29 bits per heavy atom. The summed E-state index contributed by atoms with van der Waals surface area (Å²) in [6, 6.07) is 20.6. The molecule has 0 saturated carbocycles. The summed E-state index contributed by atoms with van der Waals surface area (Å²) in [5, 5.41) is 0. The van der Waals surface area contributed by atoms with E-state index in [2.05, 4.69) is 0 Å². The number of morpholine rings is 1. The number of methoxy groups -OCH3 is 1. The molecule has 3 aromatic rings. The van der Waals surface area contributed by atoms with Gasteiger partial charge in [-0.3, -0.25) is 0 Å². The monoisotopic (exact) mass is 483 g/mol. The Hall–Kier alpha value is -3.40. The van der Waals surface area contributed by atoms with E-state index in [4.69, 9.17) is 18.9 Å². The molecule has 0 aromatic heterocycles. The number of sulfonamides is 1. The van der Waals surface area contributed by atoms with Crippen LogP contribution in [0.4, 0.5) is 0 Å². The van der Waals surface area contributed by atoms with Gasteiger partial charge in [0.2, 0.25) is 10.0 Å². The summed E-state index contributed by atoms with van der Waals surface area (Å²) >= 11 is 0. The van der Waals surface area contributed by atoms with Gasteiger partial charge in [-0.1, -0.05) is 30.3 Å². The first-order valence-electron chi connectivity index (χ1n) is 10.7. The molecule has 3 aromatic carbocycles. The minimum Gasteiger partial charge on any atom is -0.495 e. The van der Waals surface area contributed by atoms with Crippen LogP contribution in [0.1, 0.15) is 15.9 Å². The van der Waals surface area contributed by atoms with E-state index >= 15 is 0 Å². The number of carbonyl (C=O) groups excluding carboxylic acids is 1. The summed E-state index contributed by atoms with van der Waals surface area (Å²) in [5.41, 5.74) is 1.14. The van der Waals surface area contributed by atoms with Crippen LogP contribution in [0.15, 0.2) is 77.7 Å². The Kier molecular flexibility index (Phi) is 7.46. The number of carbonyl (C=O) groups is 1. The molecule has 34 heavy (non-hydrogen) atoms. The maximum atomic E-state index is 13.1. The van der Waals surface area contributed by atoms with Crippen molar-refractivity contribution in [2.45, 2.75) is 11.5 Å². The van der Waals surface area contributed by atoms with Gasteiger partial charge < -0.3 is 18.9 Å². The van der Waals surface area contributed by atoms with E-state index < -0.39 is 16.0 Å². The van der Waals surface area contributed by atoms with Crippen molar-refractivity contribution in [2.24, 2.45) is 0 Å². The SMILES string of the molecule is COc1ccc(C(=O)Oc2ccc(OCc3ccccc3)cc2)cc1S(=O)(=O)N1CCOCC1. The van der Waals surface area contributed by atoms with E-state index in [-0.39, 0.29) is 29.3 Å². The van der Waals surface area contributed by atoms with Crippen molar-refractivity contribution in [3.63, 3.8) is 0 Å². The number of hydrogen-bond acceptors (Lipinski definition) is 7. The van der Waals surface area contributed by atoms with Gasteiger partial charge in [-0.25, -0.2) is 13.2 Å². The fraction of sp³-hybridized carbons (Fsp3) is 0.240. The standard InChI is InChI=1S/C25H25NO7S/c1-30-23-12-7-20(17-24(23)34(28,29)26-13-15-31-16-14-26)25(27)33-22-10-8-21(9-11-22)32-18-19-5-3-2-4-6-19/h2-12,17H,13-16,18H2,1H3. The fourth-order valence-electron chi connectivity index (χ4n) is 3.44. The van der Waals surface area contributed by atoms with Crippen molar-refractivity contribution in [1.29, 1.82) is 0 Å². The van der Waals surface area contributed by atoms with Gasteiger partial charge in [-0.05, 0) is 48.0 Å². The zero-order valence-corrected chi connectivity index (χ0v) is 19.5. The second-order valence-corrected chi connectivity index (χ2v) is 9.42. The molecule has 1 heterocycles. The lowest BCUT2D eigenvalue weighted by Gasteiger charge is -2.26. The average molecular weight is 484 g/mol. The minimum absolute atomic E-state index is 0.0870. The van der Waals surface area contributed by atoms with Gasteiger partial charge in [0.25, 0.3) is 0 Å². The van der Waals surface area contributed by atoms with Gasteiger partial charge in [-0.15, -0.1) is 0 Å². The fourth-order valence-corrected chi connectivity index (χ4v) is 5.03. The van der Waals surface area contributed by atoms with Crippen LogP contribution in [-0.4, -0.2) is 52.1 Å². The molecular formula is C25H25NO7S. The highest BCUT2D eigenvalue weighted by Crippen LogP contribution is 2.29. The van der Waals surface area contributed by atoms with Gasteiger partial charge >= 0.3 is 5.97 Å². The van der Waals surface area contributed by atoms with Crippen LogP contribution in [-0.2, 0) is 21.4 Å². The van der Waals surface area contributed by atoms with E-state index in [0.29, 0.717) is 31.3 Å². The molecule has 0 atom stereocenters. The number of nitrogens with zero attached hydrogens (tertiary/aromatic N) is 1. The lowest BCUT2D eigenvalue weighted by atomic mass is 10.2.